The molecule has 6 heteroatoms. The molecule has 0 aromatic heterocycles. The summed E-state index contributed by atoms with van der Waals surface area (Å²) in [7, 11) is 0. The SMILES string of the molecule is O=C(CCC(=O)OC(C(=O)c1ccccc1)c1ccccc1)OC(C(=O)c1ccccc1)c1ccccc1. The van der Waals surface area contributed by atoms with Gasteiger partial charge in [-0.15, -0.1) is 0 Å². The van der Waals surface area contributed by atoms with Gasteiger partial charge in [-0.3, -0.25) is 19.2 Å². The molecule has 0 aliphatic carbocycles. The minimum Gasteiger partial charge on any atom is -0.449 e. The van der Waals surface area contributed by atoms with E-state index in [0.717, 1.165) is 0 Å². The average Bonchev–Trinajstić information content (AvgIpc) is 2.98. The van der Waals surface area contributed by atoms with Crippen LogP contribution < -0.4 is 0 Å². The number of benzene rings is 4. The van der Waals surface area contributed by atoms with Gasteiger partial charge in [0.2, 0.25) is 11.6 Å². The van der Waals surface area contributed by atoms with Gasteiger partial charge in [0, 0.05) is 22.3 Å². The predicted molar refractivity (Wildman–Crippen MR) is 141 cm³/mol. The number of rotatable bonds is 11. The Labute approximate surface area is 220 Å². The molecule has 0 N–H and O–H groups in total. The highest BCUT2D eigenvalue weighted by molar-refractivity contribution is 6.02. The summed E-state index contributed by atoms with van der Waals surface area (Å²) in [5, 5.41) is 0. The van der Waals surface area contributed by atoms with Crippen molar-refractivity contribution in [3.8, 4) is 0 Å². The van der Waals surface area contributed by atoms with Crippen LogP contribution >= 0.6 is 0 Å². The second-order valence-corrected chi connectivity index (χ2v) is 8.52. The predicted octanol–water partition coefficient (Wildman–Crippen LogP) is 6.10. The van der Waals surface area contributed by atoms with Gasteiger partial charge in [0.15, 0.2) is 12.2 Å². The van der Waals surface area contributed by atoms with Crippen LogP contribution in [-0.2, 0) is 19.1 Å². The van der Waals surface area contributed by atoms with Crippen molar-refractivity contribution in [1.29, 1.82) is 0 Å². The first-order valence-electron chi connectivity index (χ1n) is 12.2. The van der Waals surface area contributed by atoms with Crippen molar-refractivity contribution in [2.75, 3.05) is 0 Å². The third-order valence-electron chi connectivity index (χ3n) is 5.83. The molecule has 2 unspecified atom stereocenters. The number of hydrogen-bond acceptors (Lipinski definition) is 6. The Balaban J connectivity index is 1.43. The van der Waals surface area contributed by atoms with Crippen molar-refractivity contribution in [2.24, 2.45) is 0 Å². The molecule has 0 saturated heterocycles. The van der Waals surface area contributed by atoms with Gasteiger partial charge in [-0.2, -0.15) is 0 Å². The van der Waals surface area contributed by atoms with Crippen molar-refractivity contribution in [2.45, 2.75) is 25.0 Å². The first-order chi connectivity index (χ1) is 18.5. The van der Waals surface area contributed by atoms with Gasteiger partial charge in [-0.05, 0) is 0 Å². The van der Waals surface area contributed by atoms with Crippen LogP contribution in [0.1, 0.15) is 56.9 Å². The maximum atomic E-state index is 13.1. The molecule has 4 aromatic rings. The molecule has 0 bridgehead atoms. The summed E-state index contributed by atoms with van der Waals surface area (Å²) in [5.74, 6) is -2.20. The number of hydrogen-bond donors (Lipinski definition) is 0. The fraction of sp³-hybridized carbons (Fsp3) is 0.125. The van der Waals surface area contributed by atoms with Gasteiger partial charge in [-0.25, -0.2) is 0 Å². The number of Topliss-reactive ketones (excluding diaryl/α,β-unsaturated/α-hetero) is 2. The zero-order valence-corrected chi connectivity index (χ0v) is 20.6. The Morgan fingerprint density at radius 3 is 1.05 bits per heavy atom. The molecular weight excluding hydrogens is 480 g/mol. The van der Waals surface area contributed by atoms with Crippen molar-refractivity contribution in [3.63, 3.8) is 0 Å². The van der Waals surface area contributed by atoms with E-state index in [9.17, 15) is 19.2 Å². The molecule has 190 valence electrons. The quantitative estimate of drug-likeness (QED) is 0.180. The highest BCUT2D eigenvalue weighted by Crippen LogP contribution is 2.25. The number of ketones is 2. The Hall–Kier alpha value is -4.84. The normalized spacial score (nSPS) is 12.1. The van der Waals surface area contributed by atoms with Crippen LogP contribution in [0, 0.1) is 0 Å². The first kappa shape index (κ1) is 26.2. The second kappa shape index (κ2) is 12.9. The van der Waals surface area contributed by atoms with Crippen LogP contribution in [-0.4, -0.2) is 23.5 Å². The van der Waals surface area contributed by atoms with E-state index in [4.69, 9.17) is 9.47 Å². The molecule has 0 heterocycles. The minimum absolute atomic E-state index is 0.314. The Bertz CT molecular complexity index is 1260. The van der Waals surface area contributed by atoms with Gasteiger partial charge < -0.3 is 9.47 Å². The third-order valence-corrected chi connectivity index (χ3v) is 5.83. The zero-order chi connectivity index (χ0) is 26.7. The van der Waals surface area contributed by atoms with Crippen molar-refractivity contribution in [1.82, 2.24) is 0 Å². The minimum atomic E-state index is -1.15. The van der Waals surface area contributed by atoms with Crippen LogP contribution in [0.25, 0.3) is 0 Å². The molecule has 4 rings (SSSR count). The first-order valence-corrected chi connectivity index (χ1v) is 12.2. The van der Waals surface area contributed by atoms with E-state index in [1.807, 2.05) is 0 Å². The van der Waals surface area contributed by atoms with E-state index in [-0.39, 0.29) is 24.4 Å². The lowest BCUT2D eigenvalue weighted by Gasteiger charge is -2.19. The summed E-state index contributed by atoms with van der Waals surface area (Å²) >= 11 is 0. The van der Waals surface area contributed by atoms with E-state index >= 15 is 0 Å². The topological polar surface area (TPSA) is 86.7 Å². The summed E-state index contributed by atoms with van der Waals surface area (Å²) in [5.41, 5.74) is 1.85. The molecule has 38 heavy (non-hydrogen) atoms. The fourth-order valence-electron chi connectivity index (χ4n) is 3.89. The summed E-state index contributed by atoms with van der Waals surface area (Å²) in [4.78, 5) is 51.7. The van der Waals surface area contributed by atoms with E-state index in [1.54, 1.807) is 121 Å². The zero-order valence-electron chi connectivity index (χ0n) is 20.6. The molecule has 0 aliphatic rings. The molecule has 2 atom stereocenters. The van der Waals surface area contributed by atoms with Crippen LogP contribution in [0.3, 0.4) is 0 Å². The molecule has 4 aromatic carbocycles. The van der Waals surface area contributed by atoms with Crippen molar-refractivity contribution in [3.05, 3.63) is 144 Å². The molecule has 6 nitrogen and oxygen atoms in total. The highest BCUT2D eigenvalue weighted by atomic mass is 16.6. The van der Waals surface area contributed by atoms with E-state index in [1.165, 1.54) is 0 Å². The lowest BCUT2D eigenvalue weighted by atomic mass is 9.99. The van der Waals surface area contributed by atoms with E-state index in [2.05, 4.69) is 0 Å². The summed E-state index contributed by atoms with van der Waals surface area (Å²) in [6.07, 6.45) is -2.94. The lowest BCUT2D eigenvalue weighted by Crippen LogP contribution is -2.22. The molecule has 0 radical (unpaired) electrons. The van der Waals surface area contributed by atoms with Crippen LogP contribution in [0.15, 0.2) is 121 Å². The summed E-state index contributed by atoms with van der Waals surface area (Å²) < 4.78 is 11.1. The van der Waals surface area contributed by atoms with Crippen LogP contribution in [0.2, 0.25) is 0 Å². The maximum absolute atomic E-state index is 13.1. The maximum Gasteiger partial charge on any atom is 0.307 e. The number of esters is 2. The number of ether oxygens (including phenoxy) is 2. The van der Waals surface area contributed by atoms with Crippen molar-refractivity contribution >= 4 is 23.5 Å². The molecule has 0 spiro atoms. The van der Waals surface area contributed by atoms with E-state index in [0.29, 0.717) is 22.3 Å². The Morgan fingerprint density at radius 2 is 0.737 bits per heavy atom. The van der Waals surface area contributed by atoms with Crippen LogP contribution in [0.5, 0.6) is 0 Å². The van der Waals surface area contributed by atoms with Crippen molar-refractivity contribution < 1.29 is 28.7 Å². The number of carbonyl (C=O) groups is 4. The van der Waals surface area contributed by atoms with Gasteiger partial charge >= 0.3 is 11.9 Å². The third kappa shape index (κ3) is 6.89. The summed E-state index contributed by atoms with van der Waals surface area (Å²) in [6.45, 7) is 0. The molecule has 0 amide bonds. The summed E-state index contributed by atoms with van der Waals surface area (Å²) in [6, 6.07) is 34.5. The average molecular weight is 507 g/mol. The molecule has 0 aliphatic heterocycles. The molecule has 0 saturated carbocycles. The lowest BCUT2D eigenvalue weighted by molar-refractivity contribution is -0.154. The molecular formula is C32H26O6. The van der Waals surface area contributed by atoms with E-state index < -0.39 is 24.1 Å². The second-order valence-electron chi connectivity index (χ2n) is 8.52. The van der Waals surface area contributed by atoms with Crippen LogP contribution in [0.4, 0.5) is 0 Å². The Morgan fingerprint density at radius 1 is 0.447 bits per heavy atom. The Kier molecular flexibility index (Phi) is 8.92. The monoisotopic (exact) mass is 506 g/mol. The van der Waals surface area contributed by atoms with Gasteiger partial charge in [0.05, 0.1) is 12.8 Å². The van der Waals surface area contributed by atoms with Gasteiger partial charge in [-0.1, -0.05) is 121 Å². The number of carbonyl (C=O) groups excluding carboxylic acids is 4. The fourth-order valence-corrected chi connectivity index (χ4v) is 3.89. The molecule has 0 fully saturated rings. The van der Waals surface area contributed by atoms with Gasteiger partial charge in [0.25, 0.3) is 0 Å². The van der Waals surface area contributed by atoms with Gasteiger partial charge in [0.1, 0.15) is 0 Å². The standard InChI is InChI=1S/C32H26O6/c33-27(37-31(25-17-9-3-10-18-25)29(35)23-13-5-1-6-14-23)21-22-28(34)38-32(26-19-11-4-12-20-26)30(36)24-15-7-2-8-16-24/h1-20,31-32H,21-22H2. The smallest absolute Gasteiger partial charge is 0.307 e. The highest BCUT2D eigenvalue weighted by Gasteiger charge is 2.28. The largest absolute Gasteiger partial charge is 0.449 e.